The van der Waals surface area contributed by atoms with E-state index in [9.17, 15) is 0 Å². The molecular formula is C10H16. The number of hydrogen-bond donors (Lipinski definition) is 0. The Kier molecular flexibility index (Phi) is 1.72. The molecule has 0 aromatic heterocycles. The van der Waals surface area contributed by atoms with Crippen LogP contribution in [0.4, 0.5) is 0 Å². The molecule has 0 heterocycles. The zero-order valence-corrected chi connectivity index (χ0v) is 6.98. The summed E-state index contributed by atoms with van der Waals surface area (Å²) in [4.78, 5) is 0. The lowest BCUT2D eigenvalue weighted by atomic mass is 9.59. The molecule has 0 radical (unpaired) electrons. The second kappa shape index (κ2) is 2.26. The summed E-state index contributed by atoms with van der Waals surface area (Å²) in [5.41, 5.74) is 1.68. The molecular weight excluding hydrogens is 120 g/mol. The van der Waals surface area contributed by atoms with Crippen LogP contribution in [0.2, 0.25) is 0 Å². The zero-order chi connectivity index (χ0) is 7.78. The van der Waals surface area contributed by atoms with E-state index in [1.54, 1.807) is 0 Å². The van der Waals surface area contributed by atoms with Crippen molar-refractivity contribution in [3.63, 3.8) is 0 Å². The Bertz CT molecular complexity index is 167. The molecule has 56 valence electrons. The van der Waals surface area contributed by atoms with Crippen LogP contribution in [0.3, 0.4) is 0 Å². The first-order valence-electron chi connectivity index (χ1n) is 3.89. The lowest BCUT2D eigenvalue weighted by Crippen LogP contribution is -2.35. The Morgan fingerprint density at radius 3 is 2.40 bits per heavy atom. The van der Waals surface area contributed by atoms with E-state index in [-0.39, 0.29) is 0 Å². The maximum absolute atomic E-state index is 3.97. The molecule has 1 fully saturated rings. The number of rotatable bonds is 2. The summed E-state index contributed by atoms with van der Waals surface area (Å²) < 4.78 is 0. The molecule has 10 heavy (non-hydrogen) atoms. The highest BCUT2D eigenvalue weighted by atomic mass is 14.4. The van der Waals surface area contributed by atoms with Gasteiger partial charge in [0.2, 0.25) is 0 Å². The molecule has 0 saturated heterocycles. The largest absolute Gasteiger partial charge is 0.103 e. The third-order valence-corrected chi connectivity index (χ3v) is 2.83. The quantitative estimate of drug-likeness (QED) is 0.511. The number of allylic oxidation sites excluding steroid dienone is 2. The standard InChI is InChI=1S/C10H16/c1-5-10(4)7-6-9(10)8(2)3/h5,9H,1-2,6-7H2,3-4H3. The van der Waals surface area contributed by atoms with Gasteiger partial charge in [-0.25, -0.2) is 0 Å². The van der Waals surface area contributed by atoms with E-state index < -0.39 is 0 Å². The molecule has 1 saturated carbocycles. The summed E-state index contributed by atoms with van der Waals surface area (Å²) in [7, 11) is 0. The van der Waals surface area contributed by atoms with Crippen molar-refractivity contribution in [1.29, 1.82) is 0 Å². The van der Waals surface area contributed by atoms with Crippen LogP contribution < -0.4 is 0 Å². The summed E-state index contributed by atoms with van der Waals surface area (Å²) in [6, 6.07) is 0. The molecule has 0 amide bonds. The minimum Gasteiger partial charge on any atom is -0.103 e. The summed E-state index contributed by atoms with van der Waals surface area (Å²) in [6.07, 6.45) is 4.67. The second-order valence-corrected chi connectivity index (χ2v) is 3.65. The maximum atomic E-state index is 3.97. The van der Waals surface area contributed by atoms with Crippen LogP contribution in [0.1, 0.15) is 26.7 Å². The minimum absolute atomic E-state index is 0.367. The number of hydrogen-bond acceptors (Lipinski definition) is 0. The van der Waals surface area contributed by atoms with Gasteiger partial charge in [0, 0.05) is 0 Å². The van der Waals surface area contributed by atoms with Crippen molar-refractivity contribution in [2.75, 3.05) is 0 Å². The molecule has 1 aliphatic carbocycles. The van der Waals surface area contributed by atoms with Gasteiger partial charge in [0.25, 0.3) is 0 Å². The first-order valence-corrected chi connectivity index (χ1v) is 3.89. The summed E-state index contributed by atoms with van der Waals surface area (Å²) in [5, 5.41) is 0. The molecule has 0 aliphatic heterocycles. The average Bonchev–Trinajstić information content (AvgIpc) is 1.83. The summed E-state index contributed by atoms with van der Waals surface area (Å²) >= 11 is 0. The van der Waals surface area contributed by atoms with Gasteiger partial charge in [-0.15, -0.1) is 6.58 Å². The van der Waals surface area contributed by atoms with E-state index in [4.69, 9.17) is 0 Å². The van der Waals surface area contributed by atoms with Crippen molar-refractivity contribution >= 4 is 0 Å². The first-order chi connectivity index (χ1) is 4.60. The van der Waals surface area contributed by atoms with E-state index in [1.165, 1.54) is 18.4 Å². The Morgan fingerprint density at radius 2 is 2.30 bits per heavy atom. The van der Waals surface area contributed by atoms with Crippen LogP contribution in [0, 0.1) is 11.3 Å². The Balaban J connectivity index is 2.66. The van der Waals surface area contributed by atoms with E-state index >= 15 is 0 Å². The molecule has 0 aromatic rings. The smallest absolute Gasteiger partial charge is 0.00838 e. The second-order valence-electron chi connectivity index (χ2n) is 3.65. The van der Waals surface area contributed by atoms with Gasteiger partial charge >= 0.3 is 0 Å². The lowest BCUT2D eigenvalue weighted by Gasteiger charge is -2.45. The van der Waals surface area contributed by atoms with Crippen molar-refractivity contribution in [1.82, 2.24) is 0 Å². The molecule has 1 aliphatic rings. The van der Waals surface area contributed by atoms with Crippen LogP contribution in [0.25, 0.3) is 0 Å². The SMILES string of the molecule is C=CC1(C)CCC1C(=C)C. The molecule has 2 atom stereocenters. The monoisotopic (exact) mass is 136 g/mol. The highest BCUT2D eigenvalue weighted by molar-refractivity contribution is 5.15. The molecule has 0 nitrogen and oxygen atoms in total. The van der Waals surface area contributed by atoms with E-state index in [0.717, 1.165) is 0 Å². The minimum atomic E-state index is 0.367. The van der Waals surface area contributed by atoms with Gasteiger partial charge in [-0.3, -0.25) is 0 Å². The Hall–Kier alpha value is -0.520. The predicted molar refractivity (Wildman–Crippen MR) is 45.8 cm³/mol. The van der Waals surface area contributed by atoms with Gasteiger partial charge in [-0.2, -0.15) is 0 Å². The van der Waals surface area contributed by atoms with Crippen molar-refractivity contribution in [2.45, 2.75) is 26.7 Å². The molecule has 0 aromatic carbocycles. The molecule has 1 rings (SSSR count). The molecule has 2 unspecified atom stereocenters. The highest BCUT2D eigenvalue weighted by Crippen LogP contribution is 2.50. The Morgan fingerprint density at radius 1 is 1.70 bits per heavy atom. The van der Waals surface area contributed by atoms with Crippen molar-refractivity contribution < 1.29 is 0 Å². The predicted octanol–water partition coefficient (Wildman–Crippen LogP) is 3.16. The molecule has 0 heteroatoms. The summed E-state index contributed by atoms with van der Waals surface area (Å²) in [6.45, 7) is 12.2. The van der Waals surface area contributed by atoms with Crippen molar-refractivity contribution in [2.24, 2.45) is 11.3 Å². The van der Waals surface area contributed by atoms with Crippen LogP contribution >= 0.6 is 0 Å². The van der Waals surface area contributed by atoms with Gasteiger partial charge < -0.3 is 0 Å². The Labute approximate surface area is 63.6 Å². The topological polar surface area (TPSA) is 0 Å². The van der Waals surface area contributed by atoms with E-state index in [1.807, 2.05) is 0 Å². The van der Waals surface area contributed by atoms with Crippen LogP contribution in [0.15, 0.2) is 24.8 Å². The summed E-state index contributed by atoms with van der Waals surface area (Å²) in [5.74, 6) is 0.699. The third-order valence-electron chi connectivity index (χ3n) is 2.83. The van der Waals surface area contributed by atoms with Crippen LogP contribution in [-0.2, 0) is 0 Å². The fourth-order valence-corrected chi connectivity index (χ4v) is 1.80. The first kappa shape index (κ1) is 7.59. The normalized spacial score (nSPS) is 38.4. The van der Waals surface area contributed by atoms with E-state index in [0.29, 0.717) is 11.3 Å². The van der Waals surface area contributed by atoms with Crippen molar-refractivity contribution in [3.05, 3.63) is 24.8 Å². The zero-order valence-electron chi connectivity index (χ0n) is 6.98. The van der Waals surface area contributed by atoms with Crippen molar-refractivity contribution in [3.8, 4) is 0 Å². The van der Waals surface area contributed by atoms with Crippen LogP contribution in [-0.4, -0.2) is 0 Å². The highest BCUT2D eigenvalue weighted by Gasteiger charge is 2.39. The van der Waals surface area contributed by atoms with Gasteiger partial charge in [0.1, 0.15) is 0 Å². The molecule has 0 bridgehead atoms. The van der Waals surface area contributed by atoms with Gasteiger partial charge in [-0.1, -0.05) is 25.2 Å². The maximum Gasteiger partial charge on any atom is -0.00838 e. The molecule has 0 spiro atoms. The van der Waals surface area contributed by atoms with Gasteiger partial charge in [-0.05, 0) is 31.1 Å². The van der Waals surface area contributed by atoms with E-state index in [2.05, 4.69) is 33.1 Å². The third kappa shape index (κ3) is 0.920. The van der Waals surface area contributed by atoms with Crippen LogP contribution in [0.5, 0.6) is 0 Å². The van der Waals surface area contributed by atoms with Gasteiger partial charge in [0.05, 0.1) is 0 Å². The average molecular weight is 136 g/mol. The lowest BCUT2D eigenvalue weighted by molar-refractivity contribution is 0.141. The van der Waals surface area contributed by atoms with Gasteiger partial charge in [0.15, 0.2) is 0 Å². The fraction of sp³-hybridized carbons (Fsp3) is 0.600. The fourth-order valence-electron chi connectivity index (χ4n) is 1.80. The molecule has 0 N–H and O–H groups in total.